The minimum Gasteiger partial charge on any atom is -0.497 e. The number of rotatable bonds is 6. The van der Waals surface area contributed by atoms with Gasteiger partial charge in [-0.15, -0.1) is 0 Å². The van der Waals surface area contributed by atoms with Gasteiger partial charge >= 0.3 is 0 Å². The van der Waals surface area contributed by atoms with E-state index in [0.717, 1.165) is 12.8 Å². The van der Waals surface area contributed by atoms with Crippen LogP contribution in [0.1, 0.15) is 24.0 Å². The first-order valence-electron chi connectivity index (χ1n) is 6.76. The summed E-state index contributed by atoms with van der Waals surface area (Å²) in [5.74, 6) is 1.05. The molecule has 2 rings (SSSR count). The molecule has 0 amide bonds. The first-order valence-corrected chi connectivity index (χ1v) is 8.25. The topological polar surface area (TPSA) is 81.4 Å². The minimum absolute atomic E-state index is 0.166. The lowest BCUT2D eigenvalue weighted by Gasteiger charge is -2.19. The fraction of sp³-hybridized carbons (Fsp3) is 0.571. The Morgan fingerprint density at radius 1 is 1.35 bits per heavy atom. The summed E-state index contributed by atoms with van der Waals surface area (Å²) in [6.45, 7) is 3.88. The van der Waals surface area contributed by atoms with Gasteiger partial charge in [0.05, 0.1) is 12.0 Å². The van der Waals surface area contributed by atoms with E-state index < -0.39 is 10.0 Å². The highest BCUT2D eigenvalue weighted by Crippen LogP contribution is 2.33. The first-order chi connectivity index (χ1) is 9.39. The quantitative estimate of drug-likeness (QED) is 0.830. The van der Waals surface area contributed by atoms with Gasteiger partial charge in [-0.1, -0.05) is 0 Å². The summed E-state index contributed by atoms with van der Waals surface area (Å²) in [4.78, 5) is 0.331. The molecule has 20 heavy (non-hydrogen) atoms. The lowest BCUT2D eigenvalue weighted by atomic mass is 10.1. The van der Waals surface area contributed by atoms with Crippen LogP contribution in [0.5, 0.6) is 5.75 Å². The highest BCUT2D eigenvalue weighted by Gasteiger charge is 2.34. The lowest BCUT2D eigenvalue weighted by Crippen LogP contribution is -2.42. The molecule has 0 aromatic heterocycles. The van der Waals surface area contributed by atoms with E-state index in [4.69, 9.17) is 10.5 Å². The van der Waals surface area contributed by atoms with Gasteiger partial charge in [-0.05, 0) is 55.9 Å². The van der Waals surface area contributed by atoms with Crippen LogP contribution in [-0.2, 0) is 10.0 Å². The van der Waals surface area contributed by atoms with Crippen molar-refractivity contribution in [3.8, 4) is 5.75 Å². The Hall–Kier alpha value is -1.11. The van der Waals surface area contributed by atoms with Crippen LogP contribution < -0.4 is 15.2 Å². The van der Waals surface area contributed by atoms with Gasteiger partial charge in [0, 0.05) is 12.6 Å². The molecule has 0 saturated heterocycles. The molecule has 112 valence electrons. The van der Waals surface area contributed by atoms with Crippen LogP contribution in [0.3, 0.4) is 0 Å². The molecule has 1 aromatic rings. The van der Waals surface area contributed by atoms with E-state index in [0.29, 0.717) is 34.2 Å². The zero-order valence-corrected chi connectivity index (χ0v) is 13.0. The van der Waals surface area contributed by atoms with Crippen molar-refractivity contribution in [2.45, 2.75) is 37.6 Å². The van der Waals surface area contributed by atoms with E-state index in [1.54, 1.807) is 33.1 Å². The van der Waals surface area contributed by atoms with E-state index >= 15 is 0 Å². The Kier molecular flexibility index (Phi) is 4.36. The molecular formula is C14H22N2O3S. The summed E-state index contributed by atoms with van der Waals surface area (Å²) < 4.78 is 33.0. The molecule has 1 atom stereocenters. The fourth-order valence-corrected chi connectivity index (χ4v) is 4.32. The largest absolute Gasteiger partial charge is 0.497 e. The highest BCUT2D eigenvalue weighted by molar-refractivity contribution is 7.89. The number of ether oxygens (including phenoxy) is 1. The Morgan fingerprint density at radius 3 is 2.30 bits per heavy atom. The van der Waals surface area contributed by atoms with Crippen LogP contribution in [0.15, 0.2) is 17.0 Å². The van der Waals surface area contributed by atoms with Gasteiger partial charge < -0.3 is 10.5 Å². The Balaban J connectivity index is 2.33. The second kappa shape index (κ2) is 5.71. The van der Waals surface area contributed by atoms with Crippen LogP contribution in [0, 0.1) is 19.8 Å². The van der Waals surface area contributed by atoms with Crippen LogP contribution in [-0.4, -0.2) is 28.1 Å². The monoisotopic (exact) mass is 298 g/mol. The number of nitrogens with one attached hydrogen (secondary N) is 1. The number of aryl methyl sites for hydroxylation is 2. The number of hydrogen-bond donors (Lipinski definition) is 2. The molecule has 6 heteroatoms. The van der Waals surface area contributed by atoms with E-state index in [1.807, 2.05) is 0 Å². The van der Waals surface area contributed by atoms with Crippen molar-refractivity contribution >= 4 is 10.0 Å². The van der Waals surface area contributed by atoms with Crippen LogP contribution >= 0.6 is 0 Å². The zero-order chi connectivity index (χ0) is 14.9. The van der Waals surface area contributed by atoms with E-state index in [1.165, 1.54) is 0 Å². The summed E-state index contributed by atoms with van der Waals surface area (Å²) in [6, 6.07) is 3.30. The Bertz CT molecular complexity index is 571. The van der Waals surface area contributed by atoms with Crippen molar-refractivity contribution in [1.29, 1.82) is 0 Å². The molecule has 5 nitrogen and oxygen atoms in total. The summed E-state index contributed by atoms with van der Waals surface area (Å²) in [5, 5.41) is 0. The average Bonchev–Trinajstić information content (AvgIpc) is 3.18. The molecule has 1 aromatic carbocycles. The van der Waals surface area contributed by atoms with Crippen molar-refractivity contribution < 1.29 is 13.2 Å². The number of nitrogens with two attached hydrogens (primary N) is 1. The molecule has 1 aliphatic rings. The molecule has 1 aliphatic carbocycles. The van der Waals surface area contributed by atoms with Gasteiger partial charge in [0.2, 0.25) is 10.0 Å². The molecule has 0 bridgehead atoms. The molecule has 3 N–H and O–H groups in total. The maximum Gasteiger partial charge on any atom is 0.241 e. The van der Waals surface area contributed by atoms with Gasteiger partial charge in [0.1, 0.15) is 5.75 Å². The number of sulfonamides is 1. The predicted molar refractivity (Wildman–Crippen MR) is 78.4 cm³/mol. The summed E-state index contributed by atoms with van der Waals surface area (Å²) >= 11 is 0. The smallest absolute Gasteiger partial charge is 0.241 e. The van der Waals surface area contributed by atoms with Crippen molar-refractivity contribution in [3.63, 3.8) is 0 Å². The molecule has 0 heterocycles. The molecule has 0 radical (unpaired) electrons. The first kappa shape index (κ1) is 15.3. The zero-order valence-electron chi connectivity index (χ0n) is 12.1. The van der Waals surface area contributed by atoms with Gasteiger partial charge in [0.15, 0.2) is 0 Å². The molecule has 1 unspecified atom stereocenters. The third-order valence-electron chi connectivity index (χ3n) is 3.69. The van der Waals surface area contributed by atoms with Crippen LogP contribution in [0.2, 0.25) is 0 Å². The molecule has 0 aliphatic heterocycles. The standard InChI is InChI=1S/C14H22N2O3S/c1-9-6-12(19-3)7-10(2)14(9)20(17,18)16-13(8-15)11-4-5-11/h6-7,11,13,16H,4-5,8,15H2,1-3H3. The van der Waals surface area contributed by atoms with E-state index in [2.05, 4.69) is 4.72 Å². The second-order valence-electron chi connectivity index (χ2n) is 5.39. The third-order valence-corrected chi connectivity index (χ3v) is 5.48. The molecule has 1 saturated carbocycles. The minimum atomic E-state index is -3.55. The van der Waals surface area contributed by atoms with E-state index in [9.17, 15) is 8.42 Å². The van der Waals surface area contributed by atoms with Crippen LogP contribution in [0.4, 0.5) is 0 Å². The lowest BCUT2D eigenvalue weighted by molar-refractivity contribution is 0.413. The maximum atomic E-state index is 12.6. The normalized spacial score (nSPS) is 17.0. The maximum absolute atomic E-state index is 12.6. The number of methoxy groups -OCH3 is 1. The molecule has 0 spiro atoms. The second-order valence-corrected chi connectivity index (χ2v) is 7.04. The van der Waals surface area contributed by atoms with Gasteiger partial charge in [0.25, 0.3) is 0 Å². The summed E-state index contributed by atoms with van der Waals surface area (Å²) in [5.41, 5.74) is 7.04. The van der Waals surface area contributed by atoms with Crippen molar-refractivity contribution in [3.05, 3.63) is 23.3 Å². The molecular weight excluding hydrogens is 276 g/mol. The summed E-state index contributed by atoms with van der Waals surface area (Å²) in [7, 11) is -1.98. The van der Waals surface area contributed by atoms with Crippen molar-refractivity contribution in [1.82, 2.24) is 4.72 Å². The van der Waals surface area contributed by atoms with Gasteiger partial charge in [-0.2, -0.15) is 0 Å². The molecule has 1 fully saturated rings. The summed E-state index contributed by atoms with van der Waals surface area (Å²) in [6.07, 6.45) is 2.09. The van der Waals surface area contributed by atoms with Crippen molar-refractivity contribution in [2.75, 3.05) is 13.7 Å². The number of hydrogen-bond acceptors (Lipinski definition) is 4. The van der Waals surface area contributed by atoms with E-state index in [-0.39, 0.29) is 6.04 Å². The van der Waals surface area contributed by atoms with Crippen molar-refractivity contribution in [2.24, 2.45) is 11.7 Å². The Labute approximate surface area is 120 Å². The SMILES string of the molecule is COc1cc(C)c(S(=O)(=O)NC(CN)C2CC2)c(C)c1. The van der Waals surface area contributed by atoms with Gasteiger partial charge in [-0.3, -0.25) is 0 Å². The number of benzene rings is 1. The predicted octanol–water partition coefficient (Wildman–Crippen LogP) is 1.33. The highest BCUT2D eigenvalue weighted by atomic mass is 32.2. The van der Waals surface area contributed by atoms with Crippen LogP contribution in [0.25, 0.3) is 0 Å². The average molecular weight is 298 g/mol. The van der Waals surface area contributed by atoms with Gasteiger partial charge in [-0.25, -0.2) is 13.1 Å². The fourth-order valence-electron chi connectivity index (χ4n) is 2.55. The third kappa shape index (κ3) is 3.13. The Morgan fingerprint density at radius 2 is 1.90 bits per heavy atom.